The van der Waals surface area contributed by atoms with E-state index >= 15 is 0 Å². The van der Waals surface area contributed by atoms with Gasteiger partial charge in [-0.1, -0.05) is 15.9 Å². The smallest absolute Gasteiger partial charge is 0.242 e. The first-order valence-electron chi connectivity index (χ1n) is 6.04. The summed E-state index contributed by atoms with van der Waals surface area (Å²) in [6, 6.07) is 5.12. The van der Waals surface area contributed by atoms with Crippen molar-refractivity contribution >= 4 is 41.9 Å². The molecule has 1 heterocycles. The van der Waals surface area contributed by atoms with Gasteiger partial charge in [-0.2, -0.15) is 0 Å². The van der Waals surface area contributed by atoms with Crippen LogP contribution in [0, 0.1) is 0 Å². The van der Waals surface area contributed by atoms with E-state index in [0.717, 1.165) is 30.4 Å². The molecule has 1 aliphatic heterocycles. The molecule has 0 amide bonds. The van der Waals surface area contributed by atoms with Crippen LogP contribution in [-0.2, 0) is 10.0 Å². The number of hydrogen-bond acceptors (Lipinski definition) is 3. The Morgan fingerprint density at radius 1 is 1.37 bits per heavy atom. The fourth-order valence-electron chi connectivity index (χ4n) is 2.23. The summed E-state index contributed by atoms with van der Waals surface area (Å²) in [7, 11) is -1.48. The van der Waals surface area contributed by atoms with E-state index in [1.165, 1.54) is 0 Å². The maximum atomic E-state index is 12.4. The zero-order valence-electron chi connectivity index (χ0n) is 10.6. The molecule has 4 nitrogen and oxygen atoms in total. The Balaban J connectivity index is 2.20. The highest BCUT2D eigenvalue weighted by atomic mass is 79.9. The van der Waals surface area contributed by atoms with Gasteiger partial charge in [0, 0.05) is 21.5 Å². The largest absolute Gasteiger partial charge is 0.305 e. The summed E-state index contributed by atoms with van der Waals surface area (Å²) >= 11 is 6.59. The Hall–Kier alpha value is 0.0500. The summed E-state index contributed by atoms with van der Waals surface area (Å²) < 4.78 is 28.9. The lowest BCUT2D eigenvalue weighted by atomic mass is 10.1. The summed E-state index contributed by atoms with van der Waals surface area (Å²) in [5, 5.41) is 0. The van der Waals surface area contributed by atoms with Crippen LogP contribution < -0.4 is 4.72 Å². The fraction of sp³-hybridized carbons (Fsp3) is 0.500. The van der Waals surface area contributed by atoms with Crippen LogP contribution in [0.5, 0.6) is 0 Å². The monoisotopic (exact) mass is 410 g/mol. The van der Waals surface area contributed by atoms with Crippen molar-refractivity contribution in [3.8, 4) is 0 Å². The Labute approximate surface area is 130 Å². The van der Waals surface area contributed by atoms with Crippen molar-refractivity contribution in [1.82, 2.24) is 9.62 Å². The van der Waals surface area contributed by atoms with Gasteiger partial charge in [0.15, 0.2) is 0 Å². The Bertz CT molecular complexity index is 563. The number of hydrogen-bond donors (Lipinski definition) is 1. The van der Waals surface area contributed by atoms with Gasteiger partial charge in [0.25, 0.3) is 0 Å². The van der Waals surface area contributed by atoms with Gasteiger partial charge in [0.05, 0.1) is 4.90 Å². The van der Waals surface area contributed by atoms with E-state index in [1.54, 1.807) is 18.2 Å². The fourth-order valence-corrected chi connectivity index (χ4v) is 4.99. The Morgan fingerprint density at radius 2 is 2.11 bits per heavy atom. The van der Waals surface area contributed by atoms with E-state index in [9.17, 15) is 8.42 Å². The summed E-state index contributed by atoms with van der Waals surface area (Å²) in [6.07, 6.45) is 1.90. The average molecular weight is 412 g/mol. The maximum Gasteiger partial charge on any atom is 0.242 e. The molecule has 1 aromatic carbocycles. The molecule has 0 aromatic heterocycles. The van der Waals surface area contributed by atoms with Crippen molar-refractivity contribution in [3.05, 3.63) is 27.1 Å². The van der Waals surface area contributed by atoms with Gasteiger partial charge in [0.1, 0.15) is 0 Å². The molecule has 0 radical (unpaired) electrons. The van der Waals surface area contributed by atoms with Crippen molar-refractivity contribution in [2.24, 2.45) is 0 Å². The van der Waals surface area contributed by atoms with Crippen LogP contribution in [0.25, 0.3) is 0 Å². The Kier molecular flexibility index (Phi) is 5.05. The molecule has 1 aliphatic rings. The molecule has 19 heavy (non-hydrogen) atoms. The van der Waals surface area contributed by atoms with E-state index in [4.69, 9.17) is 0 Å². The van der Waals surface area contributed by atoms with E-state index in [-0.39, 0.29) is 10.9 Å². The zero-order chi connectivity index (χ0) is 14.0. The summed E-state index contributed by atoms with van der Waals surface area (Å²) in [5.74, 6) is 0. The molecular formula is C12H16Br2N2O2S. The van der Waals surface area contributed by atoms with Crippen LogP contribution in [0.2, 0.25) is 0 Å². The molecule has 0 aliphatic carbocycles. The average Bonchev–Trinajstić information content (AvgIpc) is 2.31. The van der Waals surface area contributed by atoms with Crippen molar-refractivity contribution < 1.29 is 8.42 Å². The molecule has 106 valence electrons. The first-order valence-corrected chi connectivity index (χ1v) is 9.11. The predicted molar refractivity (Wildman–Crippen MR) is 82.7 cm³/mol. The van der Waals surface area contributed by atoms with Gasteiger partial charge < -0.3 is 4.90 Å². The SMILES string of the molecule is CN1CCCC(NS(=O)(=O)c2cc(Br)ccc2Br)C1. The quantitative estimate of drug-likeness (QED) is 0.831. The lowest BCUT2D eigenvalue weighted by Gasteiger charge is -2.30. The zero-order valence-corrected chi connectivity index (χ0v) is 14.6. The van der Waals surface area contributed by atoms with E-state index in [1.807, 2.05) is 7.05 Å². The summed E-state index contributed by atoms with van der Waals surface area (Å²) in [4.78, 5) is 2.42. The maximum absolute atomic E-state index is 12.4. The lowest BCUT2D eigenvalue weighted by Crippen LogP contribution is -2.46. The molecule has 0 saturated carbocycles. The number of likely N-dealkylation sites (tertiary alicyclic amines) is 1. The number of nitrogens with zero attached hydrogens (tertiary/aromatic N) is 1. The first kappa shape index (κ1) is 15.4. The third-order valence-corrected chi connectivity index (χ3v) is 6.14. The first-order chi connectivity index (χ1) is 8.88. The molecule has 2 rings (SSSR count). The molecule has 7 heteroatoms. The molecule has 1 unspecified atom stereocenters. The standard InChI is InChI=1S/C12H16Br2N2O2S/c1-16-6-2-3-10(8-16)15-19(17,18)12-7-9(13)4-5-11(12)14/h4-5,7,10,15H,2-3,6,8H2,1H3. The third-order valence-electron chi connectivity index (χ3n) is 3.13. The number of nitrogens with one attached hydrogen (secondary N) is 1. The molecule has 1 fully saturated rings. The molecule has 0 spiro atoms. The van der Waals surface area contributed by atoms with Crippen LogP contribution in [-0.4, -0.2) is 39.5 Å². The number of rotatable bonds is 3. The van der Waals surface area contributed by atoms with Crippen LogP contribution in [0.3, 0.4) is 0 Å². The third kappa shape index (κ3) is 4.01. The molecule has 1 aromatic rings. The minimum atomic E-state index is -3.49. The van der Waals surface area contributed by atoms with Gasteiger partial charge in [0.2, 0.25) is 10.0 Å². The predicted octanol–water partition coefficient (Wildman–Crippen LogP) is 2.58. The molecule has 1 saturated heterocycles. The summed E-state index contributed by atoms with van der Waals surface area (Å²) in [5.41, 5.74) is 0. The molecule has 0 bridgehead atoms. The number of likely N-dealkylation sites (N-methyl/N-ethyl adjacent to an activating group) is 1. The van der Waals surface area contributed by atoms with E-state index in [0.29, 0.717) is 4.47 Å². The Morgan fingerprint density at radius 3 is 2.79 bits per heavy atom. The van der Waals surface area contributed by atoms with Gasteiger partial charge in [-0.25, -0.2) is 13.1 Å². The minimum Gasteiger partial charge on any atom is -0.305 e. The van der Waals surface area contributed by atoms with Crippen LogP contribution in [0.1, 0.15) is 12.8 Å². The number of piperidine rings is 1. The minimum absolute atomic E-state index is 0.0189. The second-order valence-corrected chi connectivity index (χ2v) is 8.25. The van der Waals surface area contributed by atoms with Gasteiger partial charge in [-0.05, 0) is 60.6 Å². The summed E-state index contributed by atoms with van der Waals surface area (Å²) in [6.45, 7) is 1.78. The van der Waals surface area contributed by atoms with Gasteiger partial charge in [-0.15, -0.1) is 0 Å². The molecular weight excluding hydrogens is 396 g/mol. The van der Waals surface area contributed by atoms with Gasteiger partial charge >= 0.3 is 0 Å². The van der Waals surface area contributed by atoms with Crippen LogP contribution in [0.4, 0.5) is 0 Å². The second kappa shape index (κ2) is 6.22. The molecule has 1 N–H and O–H groups in total. The topological polar surface area (TPSA) is 49.4 Å². The highest BCUT2D eigenvalue weighted by Crippen LogP contribution is 2.26. The molecule has 1 atom stereocenters. The van der Waals surface area contributed by atoms with Crippen molar-refractivity contribution in [3.63, 3.8) is 0 Å². The highest BCUT2D eigenvalue weighted by molar-refractivity contribution is 9.11. The normalized spacial score (nSPS) is 21.5. The van der Waals surface area contributed by atoms with Crippen molar-refractivity contribution in [2.45, 2.75) is 23.8 Å². The van der Waals surface area contributed by atoms with Crippen molar-refractivity contribution in [1.29, 1.82) is 0 Å². The number of sulfonamides is 1. The van der Waals surface area contributed by atoms with Crippen molar-refractivity contribution in [2.75, 3.05) is 20.1 Å². The second-order valence-electron chi connectivity index (χ2n) is 4.80. The van der Waals surface area contributed by atoms with Crippen LogP contribution >= 0.6 is 31.9 Å². The lowest BCUT2D eigenvalue weighted by molar-refractivity contribution is 0.242. The van der Waals surface area contributed by atoms with E-state index < -0.39 is 10.0 Å². The number of halogens is 2. The number of benzene rings is 1. The van der Waals surface area contributed by atoms with E-state index in [2.05, 4.69) is 41.5 Å². The van der Waals surface area contributed by atoms with Crippen LogP contribution in [0.15, 0.2) is 32.0 Å². The highest BCUT2D eigenvalue weighted by Gasteiger charge is 2.25. The van der Waals surface area contributed by atoms with Gasteiger partial charge in [-0.3, -0.25) is 0 Å².